The summed E-state index contributed by atoms with van der Waals surface area (Å²) in [5.41, 5.74) is 5.50. The summed E-state index contributed by atoms with van der Waals surface area (Å²) in [6.07, 6.45) is 1.87. The Morgan fingerprint density at radius 2 is 2.47 bits per heavy atom. The molecule has 2 rings (SSSR count). The Bertz CT molecular complexity index is 335. The Morgan fingerprint density at radius 1 is 1.71 bits per heavy atom. The maximum absolute atomic E-state index is 14.1. The number of aliphatic hydroxyl groups is 1. The number of nitrogens with zero attached hydrogens (tertiary/aromatic N) is 2. The van der Waals surface area contributed by atoms with Crippen molar-refractivity contribution in [1.29, 1.82) is 0 Å². The van der Waals surface area contributed by atoms with Gasteiger partial charge in [-0.05, 0) is 12.5 Å². The summed E-state index contributed by atoms with van der Waals surface area (Å²) in [4.78, 5) is 5.68. The van der Waals surface area contributed by atoms with E-state index in [9.17, 15) is 9.50 Å². The second-order valence-electron chi connectivity index (χ2n) is 4.32. The van der Waals surface area contributed by atoms with Gasteiger partial charge < -0.3 is 20.5 Å². The molecular weight excluding hydrogens is 225 g/mol. The summed E-state index contributed by atoms with van der Waals surface area (Å²) >= 11 is 0. The average Bonchev–Trinajstić information content (AvgIpc) is 2.66. The van der Waals surface area contributed by atoms with Crippen LogP contribution in [-0.2, 0) is 4.74 Å². The highest BCUT2D eigenvalue weighted by Crippen LogP contribution is 2.33. The van der Waals surface area contributed by atoms with Crippen molar-refractivity contribution in [1.82, 2.24) is 4.90 Å². The van der Waals surface area contributed by atoms with Gasteiger partial charge in [0.2, 0.25) is 0 Å². The zero-order valence-electron chi connectivity index (χ0n) is 9.79. The summed E-state index contributed by atoms with van der Waals surface area (Å²) in [6.45, 7) is 2.02. The van der Waals surface area contributed by atoms with Crippen molar-refractivity contribution in [2.75, 3.05) is 13.3 Å². The van der Waals surface area contributed by atoms with Crippen LogP contribution >= 0.6 is 0 Å². The smallest absolute Gasteiger partial charge is 0.163 e. The minimum Gasteiger partial charge on any atom is -0.396 e. The van der Waals surface area contributed by atoms with Gasteiger partial charge in [-0.2, -0.15) is 0 Å². The van der Waals surface area contributed by atoms with Gasteiger partial charge in [0.05, 0.1) is 12.7 Å². The maximum Gasteiger partial charge on any atom is 0.163 e. The summed E-state index contributed by atoms with van der Waals surface area (Å²) < 4.78 is 19.8. The predicted octanol–water partition coefficient (Wildman–Crippen LogP) is 0.212. The van der Waals surface area contributed by atoms with Crippen LogP contribution in [0.1, 0.15) is 13.3 Å². The molecule has 2 aliphatic rings. The number of aliphatic hydroxyl groups excluding tert-OH is 1. The number of alkyl halides is 1. The molecule has 2 heterocycles. The van der Waals surface area contributed by atoms with Gasteiger partial charge in [-0.25, -0.2) is 9.38 Å². The molecule has 1 saturated heterocycles. The van der Waals surface area contributed by atoms with Crippen molar-refractivity contribution in [3.05, 3.63) is 12.3 Å². The van der Waals surface area contributed by atoms with Crippen LogP contribution in [0, 0.1) is 5.92 Å². The summed E-state index contributed by atoms with van der Waals surface area (Å²) in [7, 11) is 0. The first-order valence-corrected chi connectivity index (χ1v) is 5.81. The fourth-order valence-corrected chi connectivity index (χ4v) is 2.25. The predicted molar refractivity (Wildman–Crippen MR) is 61.9 cm³/mol. The Hall–Kier alpha value is -1.14. The van der Waals surface area contributed by atoms with Gasteiger partial charge in [0.1, 0.15) is 12.5 Å². The number of aliphatic imine (C=N–C) groups is 1. The number of halogens is 1. The van der Waals surface area contributed by atoms with Crippen molar-refractivity contribution in [3.8, 4) is 0 Å². The van der Waals surface area contributed by atoms with E-state index in [0.717, 1.165) is 0 Å². The van der Waals surface area contributed by atoms with E-state index in [-0.39, 0.29) is 12.7 Å². The third-order valence-electron chi connectivity index (χ3n) is 3.27. The molecule has 0 unspecified atom stereocenters. The van der Waals surface area contributed by atoms with Crippen LogP contribution in [0.15, 0.2) is 17.3 Å². The molecule has 6 heteroatoms. The number of hydrogen-bond donors (Lipinski definition) is 2. The highest BCUT2D eigenvalue weighted by Gasteiger charge is 2.46. The first kappa shape index (κ1) is 12.3. The van der Waals surface area contributed by atoms with Crippen molar-refractivity contribution in [2.24, 2.45) is 16.6 Å². The topological polar surface area (TPSA) is 71.1 Å². The maximum atomic E-state index is 14.1. The molecule has 0 amide bonds. The van der Waals surface area contributed by atoms with E-state index in [0.29, 0.717) is 18.9 Å². The van der Waals surface area contributed by atoms with E-state index in [2.05, 4.69) is 4.99 Å². The second kappa shape index (κ2) is 5.01. The van der Waals surface area contributed by atoms with E-state index in [1.165, 1.54) is 0 Å². The van der Waals surface area contributed by atoms with Crippen LogP contribution in [0.4, 0.5) is 4.39 Å². The lowest BCUT2D eigenvalue weighted by Crippen LogP contribution is -2.40. The molecule has 3 N–H and O–H groups in total. The normalized spacial score (nSPS) is 37.4. The number of hydrogen-bond acceptors (Lipinski definition) is 5. The molecule has 0 radical (unpaired) electrons. The van der Waals surface area contributed by atoms with Crippen LogP contribution in [0.5, 0.6) is 0 Å². The fourth-order valence-electron chi connectivity index (χ4n) is 2.25. The van der Waals surface area contributed by atoms with Gasteiger partial charge in [0, 0.05) is 12.1 Å². The molecule has 0 aliphatic carbocycles. The summed E-state index contributed by atoms with van der Waals surface area (Å²) in [5.74, 6) is -0.0259. The summed E-state index contributed by atoms with van der Waals surface area (Å²) in [5, 5.41) is 9.19. The van der Waals surface area contributed by atoms with E-state index in [4.69, 9.17) is 10.5 Å². The molecule has 4 atom stereocenters. The first-order chi connectivity index (χ1) is 8.17. The molecule has 1 fully saturated rings. The lowest BCUT2D eigenvalue weighted by Gasteiger charge is -2.28. The van der Waals surface area contributed by atoms with Crippen LogP contribution in [0.25, 0.3) is 0 Å². The number of nitrogens with two attached hydrogens (primary N) is 1. The van der Waals surface area contributed by atoms with E-state index in [1.807, 2.05) is 6.92 Å². The fraction of sp³-hybridized carbons (Fsp3) is 0.727. The first-order valence-electron chi connectivity index (χ1n) is 5.81. The van der Waals surface area contributed by atoms with E-state index in [1.54, 1.807) is 17.2 Å². The van der Waals surface area contributed by atoms with Gasteiger partial charge in [0.25, 0.3) is 0 Å². The van der Waals surface area contributed by atoms with E-state index >= 15 is 0 Å². The van der Waals surface area contributed by atoms with Crippen molar-refractivity contribution < 1.29 is 14.2 Å². The van der Waals surface area contributed by atoms with Gasteiger partial charge in [-0.3, -0.25) is 0 Å². The Labute approximate surface area is 99.8 Å². The lowest BCUT2D eigenvalue weighted by atomic mass is 9.98. The summed E-state index contributed by atoms with van der Waals surface area (Å²) in [6, 6.07) is 0. The Balaban J connectivity index is 2.06. The Kier molecular flexibility index (Phi) is 3.63. The molecule has 2 aliphatic heterocycles. The molecule has 17 heavy (non-hydrogen) atoms. The molecule has 0 aromatic carbocycles. The van der Waals surface area contributed by atoms with Gasteiger partial charge in [0.15, 0.2) is 12.4 Å². The van der Waals surface area contributed by atoms with Gasteiger partial charge >= 0.3 is 0 Å². The van der Waals surface area contributed by atoms with Crippen LogP contribution in [0.2, 0.25) is 0 Å². The SMILES string of the molecule is CC[C@@H]1O[C@H](N2C=CC(N)=NC2)[C@@H](F)[C@H]1CO. The minimum atomic E-state index is -1.20. The Morgan fingerprint density at radius 3 is 2.94 bits per heavy atom. The third-order valence-corrected chi connectivity index (χ3v) is 3.27. The van der Waals surface area contributed by atoms with Crippen molar-refractivity contribution in [3.63, 3.8) is 0 Å². The number of rotatable bonds is 3. The molecule has 96 valence electrons. The minimum absolute atomic E-state index is 0.195. The molecule has 0 saturated carbocycles. The molecule has 0 aromatic rings. The second-order valence-corrected chi connectivity index (χ2v) is 4.32. The molecule has 0 spiro atoms. The highest BCUT2D eigenvalue weighted by atomic mass is 19.1. The van der Waals surface area contributed by atoms with Crippen molar-refractivity contribution >= 4 is 5.84 Å². The van der Waals surface area contributed by atoms with Crippen LogP contribution in [-0.4, -0.2) is 47.6 Å². The zero-order chi connectivity index (χ0) is 12.4. The quantitative estimate of drug-likeness (QED) is 0.743. The molecule has 5 nitrogen and oxygen atoms in total. The number of amidine groups is 1. The van der Waals surface area contributed by atoms with E-state index < -0.39 is 18.3 Å². The molecular formula is C11H18FN3O2. The molecule has 0 aromatic heterocycles. The third kappa shape index (κ3) is 2.28. The molecule has 0 bridgehead atoms. The van der Waals surface area contributed by atoms with Gasteiger partial charge in [-0.15, -0.1) is 0 Å². The largest absolute Gasteiger partial charge is 0.396 e. The zero-order valence-corrected chi connectivity index (χ0v) is 9.79. The van der Waals surface area contributed by atoms with Gasteiger partial charge in [-0.1, -0.05) is 6.92 Å². The lowest BCUT2D eigenvalue weighted by molar-refractivity contribution is -0.0543. The monoisotopic (exact) mass is 243 g/mol. The standard InChI is InChI=1S/C11H18FN3O2/c1-2-8-7(5-16)10(12)11(17-8)15-4-3-9(13)14-6-15/h3-4,7-8,10-11,16H,2,5-6H2,1H3,(H2,13,14)/t7-,8-,10-,11-/m0/s1. The number of ether oxygens (including phenoxy) is 1. The average molecular weight is 243 g/mol. The van der Waals surface area contributed by atoms with Crippen LogP contribution < -0.4 is 5.73 Å². The van der Waals surface area contributed by atoms with Crippen molar-refractivity contribution in [2.45, 2.75) is 31.8 Å². The highest BCUT2D eigenvalue weighted by molar-refractivity contribution is 5.91. The van der Waals surface area contributed by atoms with Crippen LogP contribution in [0.3, 0.4) is 0 Å².